The van der Waals surface area contributed by atoms with Crippen molar-refractivity contribution in [3.05, 3.63) is 59.7 Å². The van der Waals surface area contributed by atoms with Crippen molar-refractivity contribution in [2.45, 2.75) is 43.4 Å². The molecule has 176 valence electrons. The molecule has 4 rings (SSSR count). The monoisotopic (exact) mass is 469 g/mol. The fraction of sp³-hybridized carbons (Fsp3) is 0.440. The van der Waals surface area contributed by atoms with Crippen LogP contribution in [0.25, 0.3) is 0 Å². The third-order valence-electron chi connectivity index (χ3n) is 6.62. The van der Waals surface area contributed by atoms with Crippen LogP contribution in [0.15, 0.2) is 53.4 Å². The smallest absolute Gasteiger partial charge is 0.223 e. The van der Waals surface area contributed by atoms with Crippen molar-refractivity contribution in [3.63, 3.8) is 0 Å². The summed E-state index contributed by atoms with van der Waals surface area (Å²) >= 11 is 0. The molecule has 2 heterocycles. The van der Waals surface area contributed by atoms with Gasteiger partial charge in [-0.05, 0) is 42.7 Å². The highest BCUT2D eigenvalue weighted by atomic mass is 32.2. The number of amides is 2. The number of sulfone groups is 1. The second kappa shape index (κ2) is 9.65. The zero-order chi connectivity index (χ0) is 23.6. The van der Waals surface area contributed by atoms with Gasteiger partial charge < -0.3 is 9.80 Å². The first-order valence-electron chi connectivity index (χ1n) is 11.4. The fourth-order valence-electron chi connectivity index (χ4n) is 4.60. The molecule has 2 aliphatic heterocycles. The molecule has 1 saturated heterocycles. The maximum Gasteiger partial charge on any atom is 0.223 e. The first-order valence-corrected chi connectivity index (χ1v) is 13.0. The van der Waals surface area contributed by atoms with Crippen LogP contribution < -0.4 is 4.90 Å². The van der Waals surface area contributed by atoms with E-state index in [-0.39, 0.29) is 23.1 Å². The lowest BCUT2D eigenvalue weighted by Crippen LogP contribution is -2.49. The number of fused-ring (bicyclic) bond motifs is 1. The van der Waals surface area contributed by atoms with E-state index in [1.165, 1.54) is 12.5 Å². The Kier molecular flexibility index (Phi) is 6.86. The van der Waals surface area contributed by atoms with E-state index in [0.717, 1.165) is 30.9 Å². The topological polar surface area (TPSA) is 78.0 Å². The highest BCUT2D eigenvalue weighted by Gasteiger charge is 2.31. The third-order valence-corrected chi connectivity index (χ3v) is 8.76. The molecule has 2 aliphatic rings. The van der Waals surface area contributed by atoms with E-state index in [4.69, 9.17) is 0 Å². The van der Waals surface area contributed by atoms with Gasteiger partial charge in [-0.25, -0.2) is 8.42 Å². The van der Waals surface area contributed by atoms with E-state index in [1.807, 2.05) is 18.2 Å². The van der Waals surface area contributed by atoms with Gasteiger partial charge in [0.05, 0.1) is 10.1 Å². The molecule has 2 amide bonds. The molecule has 0 saturated carbocycles. The van der Waals surface area contributed by atoms with Crippen LogP contribution in [0, 0.1) is 0 Å². The van der Waals surface area contributed by atoms with Gasteiger partial charge in [0.1, 0.15) is 0 Å². The summed E-state index contributed by atoms with van der Waals surface area (Å²) in [6.45, 7) is 7.31. The summed E-state index contributed by atoms with van der Waals surface area (Å²) in [5, 5.41) is -0.810. The second-order valence-corrected chi connectivity index (χ2v) is 11.3. The lowest BCUT2D eigenvalue weighted by Gasteiger charge is -2.35. The predicted molar refractivity (Wildman–Crippen MR) is 128 cm³/mol. The van der Waals surface area contributed by atoms with E-state index in [9.17, 15) is 18.0 Å². The second-order valence-electron chi connectivity index (χ2n) is 8.91. The summed E-state index contributed by atoms with van der Waals surface area (Å²) in [4.78, 5) is 30.6. The van der Waals surface area contributed by atoms with Crippen LogP contribution in [0.5, 0.6) is 0 Å². The van der Waals surface area contributed by atoms with Crippen LogP contribution in [0.4, 0.5) is 5.69 Å². The number of piperazine rings is 1. The Morgan fingerprint density at radius 3 is 2.33 bits per heavy atom. The summed E-state index contributed by atoms with van der Waals surface area (Å²) in [5.41, 5.74) is 2.88. The predicted octanol–water partition coefficient (Wildman–Crippen LogP) is 2.49. The molecule has 0 N–H and O–H groups in total. The number of benzene rings is 2. The van der Waals surface area contributed by atoms with Crippen molar-refractivity contribution in [2.75, 3.05) is 37.6 Å². The minimum absolute atomic E-state index is 0.0301. The summed E-state index contributed by atoms with van der Waals surface area (Å²) < 4.78 is 26.3. The van der Waals surface area contributed by atoms with Crippen LogP contribution in [0.1, 0.15) is 31.4 Å². The number of nitrogens with zero attached hydrogens (tertiary/aromatic N) is 3. The average molecular weight is 470 g/mol. The van der Waals surface area contributed by atoms with Crippen molar-refractivity contribution in [2.24, 2.45) is 0 Å². The van der Waals surface area contributed by atoms with Crippen molar-refractivity contribution in [1.82, 2.24) is 9.80 Å². The van der Waals surface area contributed by atoms with E-state index < -0.39 is 15.1 Å². The van der Waals surface area contributed by atoms with E-state index in [1.54, 1.807) is 34.9 Å². The summed E-state index contributed by atoms with van der Waals surface area (Å²) in [5.74, 6) is -0.165. The van der Waals surface area contributed by atoms with Gasteiger partial charge in [-0.1, -0.05) is 30.3 Å². The number of rotatable bonds is 6. The van der Waals surface area contributed by atoms with Gasteiger partial charge >= 0.3 is 0 Å². The van der Waals surface area contributed by atoms with Gasteiger partial charge in [0.2, 0.25) is 11.8 Å². The Morgan fingerprint density at radius 2 is 1.67 bits per heavy atom. The molecule has 0 radical (unpaired) electrons. The number of carbonyl (C=O) groups is 2. The minimum Gasteiger partial charge on any atom is -0.340 e. The lowest BCUT2D eigenvalue weighted by molar-refractivity contribution is -0.133. The highest BCUT2D eigenvalue weighted by Crippen LogP contribution is 2.31. The van der Waals surface area contributed by atoms with Gasteiger partial charge in [0, 0.05) is 58.3 Å². The summed E-state index contributed by atoms with van der Waals surface area (Å²) in [7, 11) is -3.64. The first-order chi connectivity index (χ1) is 15.8. The van der Waals surface area contributed by atoms with Crippen molar-refractivity contribution < 1.29 is 18.0 Å². The summed E-state index contributed by atoms with van der Waals surface area (Å²) in [6, 6.07) is 15.2. The minimum atomic E-state index is -3.64. The largest absolute Gasteiger partial charge is 0.340 e. The van der Waals surface area contributed by atoms with Crippen LogP contribution in [0.2, 0.25) is 0 Å². The molecule has 1 atom stereocenters. The van der Waals surface area contributed by atoms with Crippen LogP contribution in [-0.4, -0.2) is 68.0 Å². The van der Waals surface area contributed by atoms with Gasteiger partial charge in [-0.15, -0.1) is 0 Å². The molecule has 7 nitrogen and oxygen atoms in total. The van der Waals surface area contributed by atoms with Gasteiger partial charge in [-0.3, -0.25) is 14.5 Å². The quantitative estimate of drug-likeness (QED) is 0.650. The molecule has 0 bridgehead atoms. The number of carbonyl (C=O) groups excluding carboxylic acids is 2. The van der Waals surface area contributed by atoms with Crippen LogP contribution >= 0.6 is 0 Å². The van der Waals surface area contributed by atoms with E-state index in [2.05, 4.69) is 17.0 Å². The van der Waals surface area contributed by atoms with E-state index in [0.29, 0.717) is 26.1 Å². The van der Waals surface area contributed by atoms with Gasteiger partial charge in [-0.2, -0.15) is 0 Å². The van der Waals surface area contributed by atoms with Crippen molar-refractivity contribution in [3.8, 4) is 0 Å². The normalized spacial score (nSPS) is 17.6. The molecule has 1 fully saturated rings. The molecular formula is C25H31N3O4S. The van der Waals surface area contributed by atoms with E-state index >= 15 is 0 Å². The van der Waals surface area contributed by atoms with Crippen molar-refractivity contribution in [1.29, 1.82) is 0 Å². The molecular weight excluding hydrogens is 438 g/mol. The molecule has 0 aliphatic carbocycles. The van der Waals surface area contributed by atoms with Crippen molar-refractivity contribution >= 4 is 27.3 Å². The molecule has 2 aromatic carbocycles. The maximum atomic E-state index is 13.2. The molecule has 2 aromatic rings. The Hall–Kier alpha value is -2.71. The molecule has 1 unspecified atom stereocenters. The Morgan fingerprint density at radius 1 is 0.970 bits per heavy atom. The average Bonchev–Trinajstić information content (AvgIpc) is 3.24. The molecule has 0 aromatic heterocycles. The Balaban J connectivity index is 1.34. The number of anilines is 1. The molecule has 8 heteroatoms. The van der Waals surface area contributed by atoms with Gasteiger partial charge in [0.15, 0.2) is 9.84 Å². The zero-order valence-corrected chi connectivity index (χ0v) is 20.1. The molecule has 0 spiro atoms. The summed E-state index contributed by atoms with van der Waals surface area (Å²) in [6.07, 6.45) is 0.608. The van der Waals surface area contributed by atoms with Crippen LogP contribution in [0.3, 0.4) is 0 Å². The maximum absolute atomic E-state index is 13.2. The Labute approximate surface area is 195 Å². The first kappa shape index (κ1) is 23.4. The third kappa shape index (κ3) is 5.12. The number of hydrogen-bond donors (Lipinski definition) is 0. The SMILES string of the molecule is CC(=O)N1CCc2cc(S(=O)(=O)C(C)CC(=O)N3CCN(Cc4ccccc4)CC3)ccc21. The lowest BCUT2D eigenvalue weighted by atomic mass is 10.2. The zero-order valence-electron chi connectivity index (χ0n) is 19.2. The highest BCUT2D eigenvalue weighted by molar-refractivity contribution is 7.92. The number of hydrogen-bond acceptors (Lipinski definition) is 5. The Bertz CT molecular complexity index is 1130. The van der Waals surface area contributed by atoms with Gasteiger partial charge in [0.25, 0.3) is 0 Å². The standard InChI is InChI=1S/C25H31N3O4S/c1-19(33(31,32)23-8-9-24-22(17-23)10-11-28(24)20(2)29)16-25(30)27-14-12-26(13-15-27)18-21-6-4-3-5-7-21/h3-9,17,19H,10-16,18H2,1-2H3. The van der Waals surface area contributed by atoms with Crippen LogP contribution in [-0.2, 0) is 32.4 Å². The fourth-order valence-corrected chi connectivity index (χ4v) is 5.99. The molecule has 33 heavy (non-hydrogen) atoms.